The van der Waals surface area contributed by atoms with Crippen molar-refractivity contribution in [2.75, 3.05) is 13.7 Å². The molecule has 1 rings (SSSR count). The van der Waals surface area contributed by atoms with Crippen molar-refractivity contribution >= 4 is 11.6 Å². The normalized spacial score (nSPS) is 9.77. The van der Waals surface area contributed by atoms with Gasteiger partial charge in [-0.1, -0.05) is 18.5 Å². The van der Waals surface area contributed by atoms with E-state index in [1.165, 1.54) is 6.20 Å². The molecular formula is C9H12ClNO2. The molecule has 3 nitrogen and oxygen atoms in total. The summed E-state index contributed by atoms with van der Waals surface area (Å²) in [6, 6.07) is 1.70. The van der Waals surface area contributed by atoms with Crippen LogP contribution in [0.5, 0.6) is 11.6 Å². The first-order valence-corrected chi connectivity index (χ1v) is 4.48. The molecule has 0 spiro atoms. The van der Waals surface area contributed by atoms with E-state index < -0.39 is 0 Å². The molecule has 0 aliphatic heterocycles. The Morgan fingerprint density at radius 3 is 2.92 bits per heavy atom. The maximum absolute atomic E-state index is 5.75. The van der Waals surface area contributed by atoms with Gasteiger partial charge >= 0.3 is 0 Å². The van der Waals surface area contributed by atoms with E-state index in [1.54, 1.807) is 13.2 Å². The number of hydrogen-bond donors (Lipinski definition) is 0. The standard InChI is InChI=1S/C9H12ClNO2/c1-3-4-13-8-5-7(10)6-11-9(8)12-2/h5-6H,3-4H2,1-2H3. The van der Waals surface area contributed by atoms with Crippen LogP contribution in [0.3, 0.4) is 0 Å². The molecule has 13 heavy (non-hydrogen) atoms. The van der Waals surface area contributed by atoms with Gasteiger partial charge in [0.1, 0.15) is 0 Å². The van der Waals surface area contributed by atoms with Crippen molar-refractivity contribution in [3.8, 4) is 11.6 Å². The van der Waals surface area contributed by atoms with Gasteiger partial charge in [-0.25, -0.2) is 4.98 Å². The van der Waals surface area contributed by atoms with E-state index in [0.29, 0.717) is 23.3 Å². The Balaban J connectivity index is 2.81. The monoisotopic (exact) mass is 201 g/mol. The Labute approximate surface area is 82.6 Å². The van der Waals surface area contributed by atoms with Gasteiger partial charge in [0, 0.05) is 12.3 Å². The Kier molecular flexibility index (Phi) is 3.83. The van der Waals surface area contributed by atoms with Crippen LogP contribution in [0.4, 0.5) is 0 Å². The minimum atomic E-state index is 0.470. The van der Waals surface area contributed by atoms with E-state index in [1.807, 2.05) is 6.92 Å². The molecule has 4 heteroatoms. The second-order valence-electron chi connectivity index (χ2n) is 2.51. The summed E-state index contributed by atoms with van der Waals surface area (Å²) in [6.07, 6.45) is 2.47. The summed E-state index contributed by atoms with van der Waals surface area (Å²) >= 11 is 5.75. The Morgan fingerprint density at radius 1 is 1.54 bits per heavy atom. The molecule has 72 valence electrons. The highest BCUT2D eigenvalue weighted by molar-refractivity contribution is 6.30. The zero-order valence-corrected chi connectivity index (χ0v) is 8.47. The van der Waals surface area contributed by atoms with E-state index in [0.717, 1.165) is 6.42 Å². The number of halogens is 1. The van der Waals surface area contributed by atoms with Gasteiger partial charge in [-0.2, -0.15) is 0 Å². The number of aromatic nitrogens is 1. The van der Waals surface area contributed by atoms with Gasteiger partial charge in [0.05, 0.1) is 18.7 Å². The lowest BCUT2D eigenvalue weighted by atomic mass is 10.4. The summed E-state index contributed by atoms with van der Waals surface area (Å²) in [5.41, 5.74) is 0. The third-order valence-corrected chi connectivity index (χ3v) is 1.65. The van der Waals surface area contributed by atoms with Crippen molar-refractivity contribution in [3.05, 3.63) is 17.3 Å². The van der Waals surface area contributed by atoms with Crippen molar-refractivity contribution in [3.63, 3.8) is 0 Å². The van der Waals surface area contributed by atoms with Crippen LogP contribution in [-0.4, -0.2) is 18.7 Å². The summed E-state index contributed by atoms with van der Waals surface area (Å²) in [5, 5.41) is 0.548. The molecule has 0 saturated carbocycles. The minimum Gasteiger partial charge on any atom is -0.488 e. The summed E-state index contributed by atoms with van der Waals surface area (Å²) in [5.74, 6) is 1.06. The maximum atomic E-state index is 5.75. The molecule has 0 atom stereocenters. The SMILES string of the molecule is CCCOc1cc(Cl)cnc1OC. The van der Waals surface area contributed by atoms with Gasteiger partial charge in [0.25, 0.3) is 5.88 Å². The van der Waals surface area contributed by atoms with E-state index in [9.17, 15) is 0 Å². The predicted molar refractivity (Wildman–Crippen MR) is 51.6 cm³/mol. The van der Waals surface area contributed by atoms with E-state index in [-0.39, 0.29) is 0 Å². The van der Waals surface area contributed by atoms with Crippen molar-refractivity contribution in [1.29, 1.82) is 0 Å². The van der Waals surface area contributed by atoms with Crippen molar-refractivity contribution < 1.29 is 9.47 Å². The lowest BCUT2D eigenvalue weighted by Crippen LogP contribution is -1.98. The third-order valence-electron chi connectivity index (χ3n) is 1.44. The third kappa shape index (κ3) is 2.77. The Bertz CT molecular complexity index is 278. The van der Waals surface area contributed by atoms with Crippen molar-refractivity contribution in [2.45, 2.75) is 13.3 Å². The molecule has 0 amide bonds. The second kappa shape index (κ2) is 4.92. The summed E-state index contributed by atoms with van der Waals surface area (Å²) in [6.45, 7) is 2.67. The lowest BCUT2D eigenvalue weighted by molar-refractivity contribution is 0.288. The first-order chi connectivity index (χ1) is 6.27. The van der Waals surface area contributed by atoms with Gasteiger partial charge in [-0.3, -0.25) is 0 Å². The number of nitrogens with zero attached hydrogens (tertiary/aromatic N) is 1. The molecular weight excluding hydrogens is 190 g/mol. The van der Waals surface area contributed by atoms with E-state index in [2.05, 4.69) is 4.98 Å². The molecule has 0 aliphatic carbocycles. The van der Waals surface area contributed by atoms with Gasteiger partial charge < -0.3 is 9.47 Å². The molecule has 1 aromatic heterocycles. The summed E-state index contributed by atoms with van der Waals surface area (Å²) < 4.78 is 10.4. The zero-order valence-electron chi connectivity index (χ0n) is 7.71. The molecule has 0 fully saturated rings. The Morgan fingerprint density at radius 2 is 2.31 bits per heavy atom. The van der Waals surface area contributed by atoms with Crippen LogP contribution < -0.4 is 9.47 Å². The quantitative estimate of drug-likeness (QED) is 0.750. The molecule has 0 bridgehead atoms. The number of pyridine rings is 1. The topological polar surface area (TPSA) is 31.4 Å². The van der Waals surface area contributed by atoms with Crippen LogP contribution in [0.1, 0.15) is 13.3 Å². The van der Waals surface area contributed by atoms with Crippen LogP contribution in [0.15, 0.2) is 12.3 Å². The fourth-order valence-electron chi connectivity index (χ4n) is 0.877. The Hall–Kier alpha value is -0.960. The van der Waals surface area contributed by atoms with Gasteiger partial charge in [-0.15, -0.1) is 0 Å². The minimum absolute atomic E-state index is 0.470. The van der Waals surface area contributed by atoms with Crippen LogP contribution in [0.25, 0.3) is 0 Å². The highest BCUT2D eigenvalue weighted by Crippen LogP contribution is 2.26. The first-order valence-electron chi connectivity index (χ1n) is 4.10. The van der Waals surface area contributed by atoms with Crippen LogP contribution in [0.2, 0.25) is 5.02 Å². The maximum Gasteiger partial charge on any atom is 0.256 e. The number of hydrogen-bond acceptors (Lipinski definition) is 3. The van der Waals surface area contributed by atoms with Crippen LogP contribution in [0, 0.1) is 0 Å². The number of methoxy groups -OCH3 is 1. The smallest absolute Gasteiger partial charge is 0.256 e. The number of ether oxygens (including phenoxy) is 2. The molecule has 0 N–H and O–H groups in total. The highest BCUT2D eigenvalue weighted by Gasteiger charge is 2.05. The average molecular weight is 202 g/mol. The van der Waals surface area contributed by atoms with Crippen LogP contribution in [-0.2, 0) is 0 Å². The van der Waals surface area contributed by atoms with Crippen molar-refractivity contribution in [1.82, 2.24) is 4.98 Å². The number of rotatable bonds is 4. The molecule has 1 aromatic rings. The molecule has 0 unspecified atom stereocenters. The molecule has 1 heterocycles. The average Bonchev–Trinajstić information content (AvgIpc) is 2.15. The van der Waals surface area contributed by atoms with Gasteiger partial charge in [0.15, 0.2) is 5.75 Å². The zero-order chi connectivity index (χ0) is 9.68. The first kappa shape index (κ1) is 10.1. The summed E-state index contributed by atoms with van der Waals surface area (Å²) in [7, 11) is 1.55. The fourth-order valence-corrected chi connectivity index (χ4v) is 1.02. The van der Waals surface area contributed by atoms with Crippen molar-refractivity contribution in [2.24, 2.45) is 0 Å². The van der Waals surface area contributed by atoms with Gasteiger partial charge in [-0.05, 0) is 6.42 Å². The summed E-state index contributed by atoms with van der Waals surface area (Å²) in [4.78, 5) is 3.97. The molecule has 0 aromatic carbocycles. The molecule has 0 saturated heterocycles. The second-order valence-corrected chi connectivity index (χ2v) is 2.95. The van der Waals surface area contributed by atoms with Gasteiger partial charge in [0.2, 0.25) is 0 Å². The van der Waals surface area contributed by atoms with Crippen LogP contribution >= 0.6 is 11.6 Å². The lowest BCUT2D eigenvalue weighted by Gasteiger charge is -2.08. The molecule has 0 aliphatic rings. The largest absolute Gasteiger partial charge is 0.488 e. The predicted octanol–water partition coefficient (Wildman–Crippen LogP) is 2.53. The molecule has 0 radical (unpaired) electrons. The highest BCUT2D eigenvalue weighted by atomic mass is 35.5. The van der Waals surface area contributed by atoms with E-state index >= 15 is 0 Å². The van der Waals surface area contributed by atoms with E-state index in [4.69, 9.17) is 21.1 Å². The fraction of sp³-hybridized carbons (Fsp3) is 0.444.